The van der Waals surface area contributed by atoms with Crippen molar-refractivity contribution in [2.75, 3.05) is 0 Å². The highest BCUT2D eigenvalue weighted by Crippen LogP contribution is 2.35. The van der Waals surface area contributed by atoms with Crippen molar-refractivity contribution in [3.8, 4) is 5.75 Å². The third-order valence-electron chi connectivity index (χ3n) is 2.97. The molecule has 0 fully saturated rings. The first-order valence-electron chi connectivity index (χ1n) is 6.58. The van der Waals surface area contributed by atoms with Gasteiger partial charge in [-0.1, -0.05) is 17.8 Å². The van der Waals surface area contributed by atoms with Crippen LogP contribution in [0.4, 0.5) is 14.5 Å². The number of ether oxygens (including phenoxy) is 1. The van der Waals surface area contributed by atoms with Crippen molar-refractivity contribution >= 4 is 23.8 Å². The molecular weight excluding hydrogens is 306 g/mol. The first-order chi connectivity index (χ1) is 10.5. The maximum atomic E-state index is 12.3. The number of nitrogens with zero attached hydrogens (tertiary/aromatic N) is 1. The molecule has 0 aliphatic heterocycles. The van der Waals surface area contributed by atoms with Gasteiger partial charge in [-0.15, -0.1) is 0 Å². The van der Waals surface area contributed by atoms with Gasteiger partial charge in [-0.05, 0) is 55.3 Å². The highest BCUT2D eigenvalue weighted by atomic mass is 32.2. The Morgan fingerprint density at radius 1 is 1.18 bits per heavy atom. The molecule has 2 N–H and O–H groups in total. The SMILES string of the molecule is Cc1cc(Sc2cccc(OC(F)F)c2)c(C)cc1N=CN. The van der Waals surface area contributed by atoms with Crippen LogP contribution in [0, 0.1) is 13.8 Å². The standard InChI is InChI=1S/C16H16F2N2OS/c1-10-7-15(11(2)6-14(10)20-9-19)22-13-5-3-4-12(8-13)21-16(17)18/h3-9,16H,1-2H3,(H2,19,20). The Balaban J connectivity index is 2.25. The Hall–Kier alpha value is -2.08. The molecule has 2 rings (SSSR count). The Bertz CT molecular complexity index is 690. The average molecular weight is 322 g/mol. The molecule has 2 aromatic rings. The third kappa shape index (κ3) is 4.21. The van der Waals surface area contributed by atoms with Gasteiger partial charge in [0.1, 0.15) is 5.75 Å². The minimum absolute atomic E-state index is 0.152. The fraction of sp³-hybridized carbons (Fsp3) is 0.188. The molecule has 2 aromatic carbocycles. The molecule has 0 heterocycles. The van der Waals surface area contributed by atoms with E-state index in [0.717, 1.165) is 26.6 Å². The van der Waals surface area contributed by atoms with Gasteiger partial charge in [0.25, 0.3) is 0 Å². The Kier molecular flexibility index (Phi) is 5.38. The van der Waals surface area contributed by atoms with Crippen LogP contribution in [0.5, 0.6) is 5.75 Å². The van der Waals surface area contributed by atoms with E-state index in [-0.39, 0.29) is 5.75 Å². The van der Waals surface area contributed by atoms with Crippen molar-refractivity contribution in [1.29, 1.82) is 0 Å². The lowest BCUT2D eigenvalue weighted by molar-refractivity contribution is -0.0499. The first-order valence-corrected chi connectivity index (χ1v) is 7.39. The molecule has 6 heteroatoms. The van der Waals surface area contributed by atoms with Crippen molar-refractivity contribution < 1.29 is 13.5 Å². The smallest absolute Gasteiger partial charge is 0.387 e. The van der Waals surface area contributed by atoms with Crippen LogP contribution in [0.15, 0.2) is 51.2 Å². The molecule has 0 saturated heterocycles. The Morgan fingerprint density at radius 3 is 2.64 bits per heavy atom. The van der Waals surface area contributed by atoms with E-state index in [1.165, 1.54) is 24.2 Å². The van der Waals surface area contributed by atoms with E-state index in [4.69, 9.17) is 5.73 Å². The summed E-state index contributed by atoms with van der Waals surface area (Å²) in [6.07, 6.45) is 1.26. The van der Waals surface area contributed by atoms with E-state index in [0.29, 0.717) is 0 Å². The number of benzene rings is 2. The summed E-state index contributed by atoms with van der Waals surface area (Å²) in [7, 11) is 0. The molecule has 116 valence electrons. The van der Waals surface area contributed by atoms with Gasteiger partial charge in [-0.2, -0.15) is 8.78 Å². The molecule has 22 heavy (non-hydrogen) atoms. The fourth-order valence-electron chi connectivity index (χ4n) is 1.94. The third-order valence-corrected chi connectivity index (χ3v) is 4.11. The second-order valence-corrected chi connectivity index (χ2v) is 5.75. The lowest BCUT2D eigenvalue weighted by Crippen LogP contribution is -2.01. The largest absolute Gasteiger partial charge is 0.435 e. The molecule has 0 aromatic heterocycles. The van der Waals surface area contributed by atoms with Crippen molar-refractivity contribution in [3.63, 3.8) is 0 Å². The molecule has 0 amide bonds. The number of hydrogen-bond acceptors (Lipinski definition) is 3. The molecule has 0 aliphatic rings. The molecule has 0 bridgehead atoms. The predicted molar refractivity (Wildman–Crippen MR) is 85.5 cm³/mol. The summed E-state index contributed by atoms with van der Waals surface area (Å²) in [6.45, 7) is 1.09. The molecule has 0 radical (unpaired) electrons. The molecular formula is C16H16F2N2OS. The summed E-state index contributed by atoms with van der Waals surface area (Å²) >= 11 is 1.49. The molecule has 0 unspecified atom stereocenters. The van der Waals surface area contributed by atoms with E-state index in [1.54, 1.807) is 12.1 Å². The minimum atomic E-state index is -2.82. The van der Waals surface area contributed by atoms with Gasteiger partial charge < -0.3 is 10.5 Å². The van der Waals surface area contributed by atoms with E-state index in [1.807, 2.05) is 32.0 Å². The number of nitrogens with two attached hydrogens (primary N) is 1. The normalized spacial score (nSPS) is 11.3. The fourth-order valence-corrected chi connectivity index (χ4v) is 2.98. The van der Waals surface area contributed by atoms with E-state index < -0.39 is 6.61 Å². The van der Waals surface area contributed by atoms with Crippen LogP contribution in [0.25, 0.3) is 0 Å². The molecule has 0 aliphatic carbocycles. The van der Waals surface area contributed by atoms with Crippen LogP contribution < -0.4 is 10.5 Å². The summed E-state index contributed by atoms with van der Waals surface area (Å²) in [4.78, 5) is 5.96. The number of halogens is 2. The van der Waals surface area contributed by atoms with Gasteiger partial charge in [0.05, 0.1) is 12.0 Å². The molecule has 0 atom stereocenters. The van der Waals surface area contributed by atoms with Gasteiger partial charge in [0, 0.05) is 9.79 Å². The molecule has 3 nitrogen and oxygen atoms in total. The van der Waals surface area contributed by atoms with E-state index >= 15 is 0 Å². The van der Waals surface area contributed by atoms with Gasteiger partial charge in [0.2, 0.25) is 0 Å². The Labute approximate surface area is 132 Å². The van der Waals surface area contributed by atoms with Gasteiger partial charge in [-0.25, -0.2) is 4.99 Å². The maximum Gasteiger partial charge on any atom is 0.387 e. The Morgan fingerprint density at radius 2 is 1.95 bits per heavy atom. The van der Waals surface area contributed by atoms with Crippen LogP contribution in [0.1, 0.15) is 11.1 Å². The summed E-state index contributed by atoms with van der Waals surface area (Å²) in [5.41, 5.74) is 8.18. The zero-order valence-corrected chi connectivity index (χ0v) is 13.0. The molecule has 0 saturated carbocycles. The minimum Gasteiger partial charge on any atom is -0.435 e. The molecule has 0 spiro atoms. The monoisotopic (exact) mass is 322 g/mol. The zero-order chi connectivity index (χ0) is 16.1. The lowest BCUT2D eigenvalue weighted by atomic mass is 10.1. The van der Waals surface area contributed by atoms with Crippen molar-refractivity contribution in [2.45, 2.75) is 30.2 Å². The van der Waals surface area contributed by atoms with Crippen molar-refractivity contribution in [1.82, 2.24) is 0 Å². The topological polar surface area (TPSA) is 47.6 Å². The van der Waals surface area contributed by atoms with Crippen LogP contribution in [-0.2, 0) is 0 Å². The number of aliphatic imine (C=N–C) groups is 1. The van der Waals surface area contributed by atoms with Gasteiger partial charge >= 0.3 is 6.61 Å². The van der Waals surface area contributed by atoms with Gasteiger partial charge in [0.15, 0.2) is 0 Å². The number of rotatable bonds is 5. The number of alkyl halides is 2. The first kappa shape index (κ1) is 16.3. The zero-order valence-electron chi connectivity index (χ0n) is 12.2. The predicted octanol–water partition coefficient (Wildman–Crippen LogP) is 4.67. The second-order valence-electron chi connectivity index (χ2n) is 4.64. The van der Waals surface area contributed by atoms with Crippen molar-refractivity contribution in [3.05, 3.63) is 47.5 Å². The maximum absolute atomic E-state index is 12.3. The summed E-state index contributed by atoms with van der Waals surface area (Å²) < 4.78 is 28.9. The summed E-state index contributed by atoms with van der Waals surface area (Å²) in [5, 5.41) is 0. The number of hydrogen-bond donors (Lipinski definition) is 1. The van der Waals surface area contributed by atoms with E-state index in [2.05, 4.69) is 9.73 Å². The lowest BCUT2D eigenvalue weighted by Gasteiger charge is -2.10. The quantitative estimate of drug-likeness (QED) is 0.642. The summed E-state index contributed by atoms with van der Waals surface area (Å²) in [6, 6.07) is 10.6. The van der Waals surface area contributed by atoms with E-state index in [9.17, 15) is 8.78 Å². The highest BCUT2D eigenvalue weighted by molar-refractivity contribution is 7.99. The van der Waals surface area contributed by atoms with Crippen LogP contribution in [0.3, 0.4) is 0 Å². The van der Waals surface area contributed by atoms with Crippen molar-refractivity contribution in [2.24, 2.45) is 10.7 Å². The van der Waals surface area contributed by atoms with Gasteiger partial charge in [-0.3, -0.25) is 0 Å². The van der Waals surface area contributed by atoms with Crippen LogP contribution >= 0.6 is 11.8 Å². The highest BCUT2D eigenvalue weighted by Gasteiger charge is 2.08. The van der Waals surface area contributed by atoms with Crippen LogP contribution in [0.2, 0.25) is 0 Å². The second kappa shape index (κ2) is 7.26. The van der Waals surface area contributed by atoms with Crippen LogP contribution in [-0.4, -0.2) is 13.0 Å². The summed E-state index contributed by atoms with van der Waals surface area (Å²) in [5.74, 6) is 0.152. The number of aryl methyl sites for hydroxylation is 2. The average Bonchev–Trinajstić information content (AvgIpc) is 2.44.